The normalized spacial score (nSPS) is 11.0. The van der Waals surface area contributed by atoms with Gasteiger partial charge in [0.05, 0.1) is 13.2 Å². The minimum Gasteiger partial charge on any atom is -0.372 e. The molecule has 2 aromatic rings. The number of ether oxygens (including phenoxy) is 1. The SMILES string of the molecule is Clc1cc(Cl)c(COCc2c(Cl)cc(Cl)cc2Cl)c(Cl)c1. The van der Waals surface area contributed by atoms with Crippen LogP contribution in [0.1, 0.15) is 11.1 Å². The summed E-state index contributed by atoms with van der Waals surface area (Å²) in [5.41, 5.74) is 1.31. The predicted octanol–water partition coefficient (Wildman–Crippen LogP) is 7.32. The molecule has 0 atom stereocenters. The predicted molar refractivity (Wildman–Crippen MR) is 91.4 cm³/mol. The lowest BCUT2D eigenvalue weighted by Gasteiger charge is -2.11. The van der Waals surface area contributed by atoms with Gasteiger partial charge in [0, 0.05) is 41.3 Å². The lowest BCUT2D eigenvalue weighted by molar-refractivity contribution is 0.107. The average molecular weight is 405 g/mol. The number of hydrogen-bond acceptors (Lipinski definition) is 1. The Balaban J connectivity index is 2.09. The van der Waals surface area contributed by atoms with E-state index in [2.05, 4.69) is 0 Å². The van der Waals surface area contributed by atoms with Gasteiger partial charge in [-0.25, -0.2) is 0 Å². The van der Waals surface area contributed by atoms with Gasteiger partial charge in [-0.3, -0.25) is 0 Å². The summed E-state index contributed by atoms with van der Waals surface area (Å²) in [6.07, 6.45) is 0. The van der Waals surface area contributed by atoms with Crippen LogP contribution in [0.4, 0.5) is 0 Å². The minimum atomic E-state index is 0.212. The van der Waals surface area contributed by atoms with E-state index in [4.69, 9.17) is 74.3 Å². The molecule has 2 rings (SSSR count). The highest BCUT2D eigenvalue weighted by Crippen LogP contribution is 2.32. The van der Waals surface area contributed by atoms with Crippen molar-refractivity contribution in [2.75, 3.05) is 0 Å². The maximum atomic E-state index is 6.08. The molecule has 1 nitrogen and oxygen atoms in total. The van der Waals surface area contributed by atoms with E-state index in [1.165, 1.54) is 0 Å². The number of halogens is 6. The van der Waals surface area contributed by atoms with E-state index >= 15 is 0 Å². The minimum absolute atomic E-state index is 0.212. The van der Waals surface area contributed by atoms with Crippen molar-refractivity contribution in [1.82, 2.24) is 0 Å². The molecule has 0 aliphatic heterocycles. The molecule has 0 spiro atoms. The second-order valence-corrected chi connectivity index (χ2v) is 6.69. The van der Waals surface area contributed by atoms with Gasteiger partial charge in [-0.15, -0.1) is 0 Å². The van der Waals surface area contributed by atoms with E-state index < -0.39 is 0 Å². The van der Waals surface area contributed by atoms with Crippen molar-refractivity contribution >= 4 is 69.6 Å². The lowest BCUT2D eigenvalue weighted by atomic mass is 10.2. The van der Waals surface area contributed by atoms with Gasteiger partial charge in [-0.1, -0.05) is 69.6 Å². The Morgan fingerprint density at radius 3 is 1.14 bits per heavy atom. The largest absolute Gasteiger partial charge is 0.372 e. The molecular formula is C14H8Cl6O. The molecule has 21 heavy (non-hydrogen) atoms. The third-order valence-corrected chi connectivity index (χ3v) is 4.49. The van der Waals surface area contributed by atoms with Gasteiger partial charge in [-0.05, 0) is 24.3 Å². The molecule has 2 aromatic carbocycles. The van der Waals surface area contributed by atoms with Crippen LogP contribution in [0.5, 0.6) is 0 Å². The van der Waals surface area contributed by atoms with Crippen LogP contribution < -0.4 is 0 Å². The van der Waals surface area contributed by atoms with Gasteiger partial charge < -0.3 is 4.74 Å². The first-order chi connectivity index (χ1) is 9.88. The first kappa shape index (κ1) is 17.5. The molecule has 0 amide bonds. The summed E-state index contributed by atoms with van der Waals surface area (Å²) in [5.74, 6) is 0. The Morgan fingerprint density at radius 2 is 0.857 bits per heavy atom. The highest BCUT2D eigenvalue weighted by molar-refractivity contribution is 6.40. The number of benzene rings is 2. The van der Waals surface area contributed by atoms with Gasteiger partial charge in [0.1, 0.15) is 0 Å². The standard InChI is InChI=1S/C14H8Cl6O/c15-7-1-11(17)9(12(18)2-7)5-21-6-10-13(19)3-8(16)4-14(10)20/h1-4H,5-6H2. The van der Waals surface area contributed by atoms with Crippen molar-refractivity contribution in [3.8, 4) is 0 Å². The molecular weight excluding hydrogens is 397 g/mol. The van der Waals surface area contributed by atoms with E-state index in [1.807, 2.05) is 0 Å². The van der Waals surface area contributed by atoms with Crippen molar-refractivity contribution in [3.63, 3.8) is 0 Å². The molecule has 0 aliphatic carbocycles. The Morgan fingerprint density at radius 1 is 0.571 bits per heavy atom. The molecule has 0 saturated carbocycles. The van der Waals surface area contributed by atoms with Crippen molar-refractivity contribution < 1.29 is 4.74 Å². The van der Waals surface area contributed by atoms with Gasteiger partial charge in [0.15, 0.2) is 0 Å². The third-order valence-electron chi connectivity index (χ3n) is 2.70. The Bertz CT molecular complexity index is 567. The van der Waals surface area contributed by atoms with Crippen LogP contribution in [0.3, 0.4) is 0 Å². The topological polar surface area (TPSA) is 9.23 Å². The summed E-state index contributed by atoms with van der Waals surface area (Å²) >= 11 is 36.0. The first-order valence-corrected chi connectivity index (χ1v) is 8.00. The van der Waals surface area contributed by atoms with Crippen LogP contribution >= 0.6 is 69.6 Å². The van der Waals surface area contributed by atoms with E-state index in [9.17, 15) is 0 Å². The molecule has 0 saturated heterocycles. The fourth-order valence-electron chi connectivity index (χ4n) is 1.68. The van der Waals surface area contributed by atoms with Gasteiger partial charge >= 0.3 is 0 Å². The third kappa shape index (κ3) is 4.56. The molecule has 112 valence electrons. The highest BCUT2D eigenvalue weighted by atomic mass is 35.5. The van der Waals surface area contributed by atoms with E-state index in [1.54, 1.807) is 24.3 Å². The molecule has 0 bridgehead atoms. The van der Waals surface area contributed by atoms with Crippen molar-refractivity contribution in [2.45, 2.75) is 13.2 Å². The maximum Gasteiger partial charge on any atom is 0.0750 e. The smallest absolute Gasteiger partial charge is 0.0750 e. The van der Waals surface area contributed by atoms with Crippen molar-refractivity contribution in [2.24, 2.45) is 0 Å². The van der Waals surface area contributed by atoms with Crippen LogP contribution in [0, 0.1) is 0 Å². The van der Waals surface area contributed by atoms with Gasteiger partial charge in [0.25, 0.3) is 0 Å². The Hall–Kier alpha value is 0.140. The first-order valence-electron chi connectivity index (χ1n) is 5.73. The summed E-state index contributed by atoms with van der Waals surface area (Å²) in [5, 5.41) is 2.72. The molecule has 0 N–H and O–H groups in total. The van der Waals surface area contributed by atoms with Crippen LogP contribution in [0.15, 0.2) is 24.3 Å². The van der Waals surface area contributed by atoms with Crippen molar-refractivity contribution in [1.29, 1.82) is 0 Å². The fourth-order valence-corrected chi connectivity index (χ4v) is 3.53. The monoisotopic (exact) mass is 402 g/mol. The summed E-state index contributed by atoms with van der Waals surface area (Å²) in [4.78, 5) is 0. The zero-order valence-electron chi connectivity index (χ0n) is 10.4. The summed E-state index contributed by atoms with van der Waals surface area (Å²) in [6, 6.07) is 6.43. The molecule has 0 radical (unpaired) electrons. The zero-order chi connectivity index (χ0) is 15.6. The van der Waals surface area contributed by atoms with Crippen LogP contribution in [0.2, 0.25) is 30.1 Å². The molecule has 0 unspecified atom stereocenters. The quantitative estimate of drug-likeness (QED) is 0.518. The summed E-state index contributed by atoms with van der Waals surface area (Å²) < 4.78 is 5.58. The maximum absolute atomic E-state index is 6.08. The molecule has 0 aliphatic rings. The van der Waals surface area contributed by atoms with Gasteiger partial charge in [-0.2, -0.15) is 0 Å². The van der Waals surface area contributed by atoms with E-state index in [-0.39, 0.29) is 13.2 Å². The molecule has 0 aromatic heterocycles. The summed E-state index contributed by atoms with van der Waals surface area (Å²) in [6.45, 7) is 0.425. The summed E-state index contributed by atoms with van der Waals surface area (Å²) in [7, 11) is 0. The molecule has 7 heteroatoms. The number of rotatable bonds is 4. The van der Waals surface area contributed by atoms with Gasteiger partial charge in [0.2, 0.25) is 0 Å². The Kier molecular flexibility index (Phi) is 6.34. The highest BCUT2D eigenvalue weighted by Gasteiger charge is 2.11. The second kappa shape index (κ2) is 7.61. The van der Waals surface area contributed by atoms with Crippen LogP contribution in [-0.4, -0.2) is 0 Å². The zero-order valence-corrected chi connectivity index (χ0v) is 14.9. The second-order valence-electron chi connectivity index (χ2n) is 4.19. The number of hydrogen-bond donors (Lipinski definition) is 0. The van der Waals surface area contributed by atoms with Crippen LogP contribution in [0.25, 0.3) is 0 Å². The van der Waals surface area contributed by atoms with E-state index in [0.717, 1.165) is 0 Å². The average Bonchev–Trinajstić information content (AvgIpc) is 2.34. The molecule has 0 fully saturated rings. The lowest BCUT2D eigenvalue weighted by Crippen LogP contribution is -1.97. The Labute approximate surface area is 152 Å². The fraction of sp³-hybridized carbons (Fsp3) is 0.143. The van der Waals surface area contributed by atoms with Crippen LogP contribution in [-0.2, 0) is 18.0 Å². The molecule has 0 heterocycles. The van der Waals surface area contributed by atoms with Crippen molar-refractivity contribution in [3.05, 3.63) is 65.5 Å². The van der Waals surface area contributed by atoms with E-state index in [0.29, 0.717) is 41.3 Å².